The zero-order valence-electron chi connectivity index (χ0n) is 31.2. The van der Waals surface area contributed by atoms with Crippen molar-refractivity contribution < 1.29 is 22.8 Å². The summed E-state index contributed by atoms with van der Waals surface area (Å²) in [7, 11) is -3.36. The van der Waals surface area contributed by atoms with Crippen LogP contribution in [-0.4, -0.2) is 92.4 Å². The third kappa shape index (κ3) is 10.3. The molecule has 0 N–H and O–H groups in total. The van der Waals surface area contributed by atoms with Crippen LogP contribution in [0.2, 0.25) is 0 Å². The first kappa shape index (κ1) is 38.5. The zero-order chi connectivity index (χ0) is 38.1. The quantitative estimate of drug-likeness (QED) is 0.168. The fraction of sp³-hybridized carbons (Fsp3) is 0.341. The normalized spacial score (nSPS) is 16.0. The molecule has 0 radical (unpaired) electrons. The molecule has 0 spiro atoms. The topological polar surface area (TPSA) is 98.3 Å². The van der Waals surface area contributed by atoms with Gasteiger partial charge in [0.15, 0.2) is 9.84 Å². The van der Waals surface area contributed by atoms with Gasteiger partial charge in [-0.15, -0.1) is 0 Å². The number of nitrogens with zero attached hydrogens (tertiary/aromatic N) is 4. The highest BCUT2D eigenvalue weighted by Crippen LogP contribution is 2.26. The molecule has 9 nitrogen and oxygen atoms in total. The molecule has 2 fully saturated rings. The minimum absolute atomic E-state index is 0.0590. The number of piperazine rings is 1. The number of hydrogen-bond acceptors (Lipinski definition) is 6. The number of sulfone groups is 1. The van der Waals surface area contributed by atoms with E-state index in [1.54, 1.807) is 30.0 Å². The molecule has 1 atom stereocenters. The number of benzene rings is 4. The molecule has 282 valence electrons. The summed E-state index contributed by atoms with van der Waals surface area (Å²) in [6, 6.07) is 34.1. The number of likely N-dealkylation sites (tertiary alicyclic amines) is 1. The molecule has 6 rings (SSSR count). The second-order valence-electron chi connectivity index (χ2n) is 14.5. The van der Waals surface area contributed by atoms with Crippen molar-refractivity contribution in [1.29, 1.82) is 0 Å². The lowest BCUT2D eigenvalue weighted by Crippen LogP contribution is -2.53. The Morgan fingerprint density at radius 1 is 0.722 bits per heavy atom. The third-order valence-corrected chi connectivity index (χ3v) is 11.7. The minimum Gasteiger partial charge on any atom is -0.368 e. The van der Waals surface area contributed by atoms with Crippen LogP contribution in [0.5, 0.6) is 0 Å². The molecule has 10 heteroatoms. The van der Waals surface area contributed by atoms with E-state index in [1.807, 2.05) is 70.5 Å². The Labute approximate surface area is 319 Å². The van der Waals surface area contributed by atoms with E-state index in [9.17, 15) is 22.8 Å². The Bertz CT molecular complexity index is 2000. The number of anilines is 1. The predicted octanol–water partition coefficient (Wildman–Crippen LogP) is 5.89. The van der Waals surface area contributed by atoms with Crippen molar-refractivity contribution in [3.8, 4) is 0 Å². The van der Waals surface area contributed by atoms with Gasteiger partial charge in [0.05, 0.1) is 4.90 Å². The van der Waals surface area contributed by atoms with Crippen LogP contribution in [0.3, 0.4) is 0 Å². The van der Waals surface area contributed by atoms with Gasteiger partial charge in [-0.05, 0) is 77.8 Å². The molecule has 2 aliphatic rings. The van der Waals surface area contributed by atoms with Gasteiger partial charge >= 0.3 is 0 Å². The molecule has 0 saturated carbocycles. The Hall–Kier alpha value is -5.22. The maximum atomic E-state index is 14.7. The molecule has 0 bridgehead atoms. The molecular formula is C44H50N4O5S. The lowest BCUT2D eigenvalue weighted by molar-refractivity contribution is -0.145. The average molecular weight is 747 g/mol. The summed E-state index contributed by atoms with van der Waals surface area (Å²) in [5.41, 5.74) is 4.90. The van der Waals surface area contributed by atoms with Crippen LogP contribution in [-0.2, 0) is 43.6 Å². The second-order valence-corrected chi connectivity index (χ2v) is 16.5. The summed E-state index contributed by atoms with van der Waals surface area (Å²) in [5.74, 6) is 0.213. The van der Waals surface area contributed by atoms with Gasteiger partial charge < -0.3 is 19.6 Å². The van der Waals surface area contributed by atoms with E-state index in [2.05, 4.69) is 29.2 Å². The van der Waals surface area contributed by atoms with Crippen molar-refractivity contribution in [2.24, 2.45) is 5.92 Å². The van der Waals surface area contributed by atoms with Crippen LogP contribution in [0.4, 0.5) is 5.69 Å². The average Bonchev–Trinajstić information content (AvgIpc) is 3.19. The molecule has 4 aromatic rings. The summed E-state index contributed by atoms with van der Waals surface area (Å²) in [6.07, 6.45) is 7.47. The van der Waals surface area contributed by atoms with Crippen molar-refractivity contribution in [2.45, 2.75) is 50.1 Å². The third-order valence-electron chi connectivity index (χ3n) is 10.6. The van der Waals surface area contributed by atoms with E-state index in [0.717, 1.165) is 55.4 Å². The highest BCUT2D eigenvalue weighted by atomic mass is 32.2. The molecule has 0 unspecified atom stereocenters. The molecule has 3 amide bonds. The van der Waals surface area contributed by atoms with Crippen LogP contribution >= 0.6 is 0 Å². The molecule has 0 aliphatic carbocycles. The summed E-state index contributed by atoms with van der Waals surface area (Å²) in [4.78, 5) is 48.8. The Kier molecular flexibility index (Phi) is 12.6. The smallest absolute Gasteiger partial charge is 0.247 e. The number of hydrogen-bond donors (Lipinski definition) is 0. The number of piperidine rings is 1. The number of amides is 3. The largest absolute Gasteiger partial charge is 0.368 e. The second kappa shape index (κ2) is 17.7. The fourth-order valence-electron chi connectivity index (χ4n) is 7.40. The van der Waals surface area contributed by atoms with Gasteiger partial charge in [0.1, 0.15) is 6.04 Å². The molecule has 2 aliphatic heterocycles. The Balaban J connectivity index is 1.25. The summed E-state index contributed by atoms with van der Waals surface area (Å²) in [5, 5.41) is 0. The van der Waals surface area contributed by atoms with Gasteiger partial charge in [-0.3, -0.25) is 14.4 Å². The van der Waals surface area contributed by atoms with Gasteiger partial charge in [0, 0.05) is 77.2 Å². The zero-order valence-corrected chi connectivity index (χ0v) is 32.0. The minimum atomic E-state index is -3.36. The highest BCUT2D eigenvalue weighted by Gasteiger charge is 2.34. The van der Waals surface area contributed by atoms with Crippen molar-refractivity contribution in [1.82, 2.24) is 14.7 Å². The van der Waals surface area contributed by atoms with E-state index < -0.39 is 15.9 Å². The van der Waals surface area contributed by atoms with Gasteiger partial charge in [0.25, 0.3) is 0 Å². The number of carbonyl (C=O) groups excluding carboxylic acids is 3. The monoisotopic (exact) mass is 746 g/mol. The first-order chi connectivity index (χ1) is 26.0. The van der Waals surface area contributed by atoms with Crippen LogP contribution in [0, 0.1) is 5.92 Å². The lowest BCUT2D eigenvalue weighted by Gasteiger charge is -2.38. The Morgan fingerprint density at radius 2 is 1.31 bits per heavy atom. The van der Waals surface area contributed by atoms with Crippen molar-refractivity contribution in [2.75, 3.05) is 50.4 Å². The number of rotatable bonds is 12. The maximum Gasteiger partial charge on any atom is 0.247 e. The first-order valence-corrected chi connectivity index (χ1v) is 20.7. The van der Waals surface area contributed by atoms with E-state index in [0.29, 0.717) is 44.1 Å². The summed E-state index contributed by atoms with van der Waals surface area (Å²) < 4.78 is 24.0. The van der Waals surface area contributed by atoms with Gasteiger partial charge in [-0.2, -0.15) is 0 Å². The van der Waals surface area contributed by atoms with Crippen molar-refractivity contribution in [3.63, 3.8) is 0 Å². The molecular weight excluding hydrogens is 697 g/mol. The Morgan fingerprint density at radius 3 is 1.89 bits per heavy atom. The van der Waals surface area contributed by atoms with Gasteiger partial charge in [0.2, 0.25) is 17.7 Å². The van der Waals surface area contributed by atoms with Crippen LogP contribution in [0.15, 0.2) is 120 Å². The molecule has 0 aromatic heterocycles. The molecule has 54 heavy (non-hydrogen) atoms. The van der Waals surface area contributed by atoms with Crippen molar-refractivity contribution >= 4 is 39.3 Å². The lowest BCUT2D eigenvalue weighted by atomic mass is 9.89. The predicted molar refractivity (Wildman–Crippen MR) is 213 cm³/mol. The molecule has 2 saturated heterocycles. The maximum absolute atomic E-state index is 14.7. The van der Waals surface area contributed by atoms with Crippen LogP contribution < -0.4 is 4.90 Å². The first-order valence-electron chi connectivity index (χ1n) is 18.8. The highest BCUT2D eigenvalue weighted by molar-refractivity contribution is 7.90. The van der Waals surface area contributed by atoms with Crippen LogP contribution in [0.25, 0.3) is 6.08 Å². The van der Waals surface area contributed by atoms with Crippen LogP contribution in [0.1, 0.15) is 42.0 Å². The fourth-order valence-corrected chi connectivity index (χ4v) is 8.03. The van der Waals surface area contributed by atoms with Gasteiger partial charge in [-0.1, -0.05) is 84.9 Å². The summed E-state index contributed by atoms with van der Waals surface area (Å²) >= 11 is 0. The van der Waals surface area contributed by atoms with E-state index >= 15 is 0 Å². The van der Waals surface area contributed by atoms with E-state index in [-0.39, 0.29) is 29.2 Å². The SMILES string of the molecule is CC(=O)N1CCN(c2ccc(CN(C(=O)C=Cc3ccc(S(C)(=O)=O)cc3)[C@@H](Cc3ccccc3)C(=O)N3CCC(Cc4ccccc4)CC3)cc2)CC1. The number of carbonyl (C=O) groups is 3. The molecule has 4 aromatic carbocycles. The summed E-state index contributed by atoms with van der Waals surface area (Å²) in [6.45, 7) is 5.94. The van der Waals surface area contributed by atoms with Gasteiger partial charge in [-0.25, -0.2) is 8.42 Å². The molecule has 2 heterocycles. The van der Waals surface area contributed by atoms with E-state index in [1.165, 1.54) is 23.8 Å². The van der Waals surface area contributed by atoms with Crippen molar-refractivity contribution in [3.05, 3.63) is 138 Å². The standard InChI is InChI=1S/C44H50N4O5S/c1-34(49)45-27-29-46(30-28-45)40-18-13-39(14-19-40)33-48(43(50)22-17-35-15-20-41(21-16-35)54(2,52)53)42(32-37-11-7-4-8-12-37)44(51)47-25-23-38(24-26-47)31-36-9-5-3-6-10-36/h3-22,38,42H,23-33H2,1-2H3/t42-/m0/s1. The van der Waals surface area contributed by atoms with E-state index in [4.69, 9.17) is 0 Å².